The summed E-state index contributed by atoms with van der Waals surface area (Å²) in [4.78, 5) is 7.81. The molecule has 0 aliphatic heterocycles. The molecule has 0 aromatic carbocycles. The molecule has 0 saturated heterocycles. The molecule has 0 aliphatic carbocycles. The Kier molecular flexibility index (Phi) is 1.11. The molecule has 2 aromatic heterocycles. The van der Waals surface area contributed by atoms with Crippen LogP contribution in [-0.2, 0) is 0 Å². The second kappa shape index (κ2) is 1.95. The zero-order valence-corrected chi connectivity index (χ0v) is 5.71. The Bertz CT molecular complexity index is 322. The normalized spacial score (nSPS) is 10.5. The summed E-state index contributed by atoms with van der Waals surface area (Å²) in [6, 6.07) is 1.79. The van der Waals surface area contributed by atoms with Crippen LogP contribution in [0.3, 0.4) is 0 Å². The van der Waals surface area contributed by atoms with Gasteiger partial charge in [-0.3, -0.25) is 4.40 Å². The van der Waals surface area contributed by atoms with Crippen molar-refractivity contribution in [1.29, 1.82) is 0 Å². The van der Waals surface area contributed by atoms with Crippen LogP contribution in [0.5, 0.6) is 0 Å². The highest BCUT2D eigenvalue weighted by atomic mass is 35.5. The van der Waals surface area contributed by atoms with E-state index in [0.717, 1.165) is 0 Å². The first-order chi connectivity index (χ1) is 4.86. The van der Waals surface area contributed by atoms with E-state index in [1.165, 1.54) is 0 Å². The second-order valence-corrected chi connectivity index (χ2v) is 2.16. The molecule has 0 atom stereocenters. The SMILES string of the molecule is Clc1[c]n2cccnc2n1. The zero-order valence-electron chi connectivity index (χ0n) is 4.95. The van der Waals surface area contributed by atoms with Crippen LogP contribution in [-0.4, -0.2) is 14.4 Å². The van der Waals surface area contributed by atoms with Crippen molar-refractivity contribution < 1.29 is 0 Å². The molecule has 0 amide bonds. The lowest BCUT2D eigenvalue weighted by molar-refractivity contribution is 1.10. The van der Waals surface area contributed by atoms with Crippen LogP contribution in [0.2, 0.25) is 5.15 Å². The number of fused-ring (bicyclic) bond motifs is 1. The van der Waals surface area contributed by atoms with E-state index in [9.17, 15) is 0 Å². The Hall–Kier alpha value is -1.09. The lowest BCUT2D eigenvalue weighted by Crippen LogP contribution is -1.83. The van der Waals surface area contributed by atoms with Gasteiger partial charge in [-0.15, -0.1) is 0 Å². The minimum Gasteiger partial charge on any atom is -0.281 e. The first-order valence-corrected chi connectivity index (χ1v) is 3.12. The van der Waals surface area contributed by atoms with Gasteiger partial charge in [0, 0.05) is 12.4 Å². The number of halogens is 1. The van der Waals surface area contributed by atoms with Gasteiger partial charge < -0.3 is 0 Å². The van der Waals surface area contributed by atoms with Gasteiger partial charge >= 0.3 is 0 Å². The zero-order chi connectivity index (χ0) is 6.97. The average Bonchev–Trinajstić information content (AvgIpc) is 2.27. The van der Waals surface area contributed by atoms with Crippen LogP contribution in [0.4, 0.5) is 0 Å². The molecule has 10 heavy (non-hydrogen) atoms. The summed E-state index contributed by atoms with van der Waals surface area (Å²) in [7, 11) is 0. The smallest absolute Gasteiger partial charge is 0.235 e. The molecule has 3 nitrogen and oxygen atoms in total. The lowest BCUT2D eigenvalue weighted by Gasteiger charge is -1.84. The Morgan fingerprint density at radius 1 is 1.60 bits per heavy atom. The lowest BCUT2D eigenvalue weighted by atomic mass is 10.7. The van der Waals surface area contributed by atoms with Gasteiger partial charge in [-0.1, -0.05) is 11.6 Å². The van der Waals surface area contributed by atoms with Gasteiger partial charge in [0.05, 0.1) is 0 Å². The topological polar surface area (TPSA) is 30.2 Å². The van der Waals surface area contributed by atoms with Crippen LogP contribution in [0.25, 0.3) is 5.78 Å². The number of rotatable bonds is 0. The van der Waals surface area contributed by atoms with Gasteiger partial charge in [-0.05, 0) is 6.07 Å². The first-order valence-electron chi connectivity index (χ1n) is 2.74. The molecule has 1 radical (unpaired) electrons. The molecule has 0 unspecified atom stereocenters. The summed E-state index contributed by atoms with van der Waals surface area (Å²) in [5.74, 6) is 0.576. The van der Waals surface area contributed by atoms with Gasteiger partial charge in [0.25, 0.3) is 0 Å². The molecule has 0 spiro atoms. The molecular formula is C6H3ClN3. The third kappa shape index (κ3) is 0.752. The number of hydrogen-bond acceptors (Lipinski definition) is 2. The van der Waals surface area contributed by atoms with E-state index in [0.29, 0.717) is 10.9 Å². The van der Waals surface area contributed by atoms with Crippen molar-refractivity contribution in [3.8, 4) is 0 Å². The van der Waals surface area contributed by atoms with Gasteiger partial charge in [0.2, 0.25) is 5.78 Å². The van der Waals surface area contributed by atoms with E-state index in [4.69, 9.17) is 11.6 Å². The molecule has 0 saturated carbocycles. The number of imidazole rings is 1. The highest BCUT2D eigenvalue weighted by Gasteiger charge is 1.96. The van der Waals surface area contributed by atoms with Crippen molar-refractivity contribution in [2.75, 3.05) is 0 Å². The minimum atomic E-state index is 0.346. The van der Waals surface area contributed by atoms with Crippen LogP contribution < -0.4 is 0 Å². The highest BCUT2D eigenvalue weighted by Crippen LogP contribution is 2.04. The van der Waals surface area contributed by atoms with E-state index >= 15 is 0 Å². The fourth-order valence-electron chi connectivity index (χ4n) is 0.745. The Morgan fingerprint density at radius 3 is 3.30 bits per heavy atom. The minimum absolute atomic E-state index is 0.346. The summed E-state index contributed by atoms with van der Waals surface area (Å²) in [5, 5.41) is 0.346. The fraction of sp³-hybridized carbons (Fsp3) is 0. The van der Waals surface area contributed by atoms with Crippen molar-refractivity contribution in [1.82, 2.24) is 14.4 Å². The molecule has 0 fully saturated rings. The van der Waals surface area contributed by atoms with E-state index < -0.39 is 0 Å². The Morgan fingerprint density at radius 2 is 2.50 bits per heavy atom. The quantitative estimate of drug-likeness (QED) is 0.568. The van der Waals surface area contributed by atoms with Gasteiger partial charge in [-0.25, -0.2) is 4.98 Å². The van der Waals surface area contributed by atoms with Gasteiger partial charge in [0.1, 0.15) is 6.20 Å². The van der Waals surface area contributed by atoms with E-state index in [1.54, 1.807) is 22.9 Å². The molecular weight excluding hydrogens is 150 g/mol. The molecule has 49 valence electrons. The van der Waals surface area contributed by atoms with E-state index in [1.807, 2.05) is 0 Å². The third-order valence-corrected chi connectivity index (χ3v) is 1.31. The highest BCUT2D eigenvalue weighted by molar-refractivity contribution is 6.29. The molecule has 2 rings (SSSR count). The predicted octanol–water partition coefficient (Wildman–Crippen LogP) is 1.18. The third-order valence-electron chi connectivity index (χ3n) is 1.14. The monoisotopic (exact) mass is 152 g/mol. The van der Waals surface area contributed by atoms with Crippen molar-refractivity contribution in [3.05, 3.63) is 29.8 Å². The fourth-order valence-corrected chi connectivity index (χ4v) is 0.912. The molecule has 0 N–H and O–H groups in total. The standard InChI is InChI=1S/C6H3ClN3/c7-5-4-10-3-1-2-8-6(10)9-5/h1-3H. The summed E-state index contributed by atoms with van der Waals surface area (Å²) in [5.41, 5.74) is 0. The van der Waals surface area contributed by atoms with Gasteiger partial charge in [-0.2, -0.15) is 4.98 Å². The van der Waals surface area contributed by atoms with Crippen LogP contribution in [0, 0.1) is 6.20 Å². The van der Waals surface area contributed by atoms with Crippen LogP contribution in [0.1, 0.15) is 0 Å². The molecule has 2 heterocycles. The number of hydrogen-bond donors (Lipinski definition) is 0. The first kappa shape index (κ1) is 5.68. The second-order valence-electron chi connectivity index (χ2n) is 1.80. The molecule has 4 heteroatoms. The predicted molar refractivity (Wildman–Crippen MR) is 36.8 cm³/mol. The number of nitrogens with zero attached hydrogens (tertiary/aromatic N) is 3. The van der Waals surface area contributed by atoms with Crippen molar-refractivity contribution in [3.63, 3.8) is 0 Å². The summed E-state index contributed by atoms with van der Waals surface area (Å²) in [6.45, 7) is 0. The summed E-state index contributed by atoms with van der Waals surface area (Å²) >= 11 is 5.56. The largest absolute Gasteiger partial charge is 0.281 e. The van der Waals surface area contributed by atoms with Crippen LogP contribution >= 0.6 is 11.6 Å². The maximum Gasteiger partial charge on any atom is 0.235 e. The molecule has 2 aromatic rings. The van der Waals surface area contributed by atoms with E-state index in [2.05, 4.69) is 16.2 Å². The maximum absolute atomic E-state index is 5.56. The van der Waals surface area contributed by atoms with Crippen molar-refractivity contribution in [2.24, 2.45) is 0 Å². The molecule has 0 aliphatic rings. The Balaban J connectivity index is 2.88. The molecule has 0 bridgehead atoms. The van der Waals surface area contributed by atoms with Crippen molar-refractivity contribution >= 4 is 17.4 Å². The summed E-state index contributed by atoms with van der Waals surface area (Å²) in [6.07, 6.45) is 6.22. The van der Waals surface area contributed by atoms with E-state index in [-0.39, 0.29) is 0 Å². The maximum atomic E-state index is 5.56. The van der Waals surface area contributed by atoms with Gasteiger partial charge in [0.15, 0.2) is 5.15 Å². The van der Waals surface area contributed by atoms with Crippen LogP contribution in [0.15, 0.2) is 18.5 Å². The number of aromatic nitrogens is 3. The average molecular weight is 153 g/mol. The summed E-state index contributed by atoms with van der Waals surface area (Å²) < 4.78 is 1.64. The Labute approximate surface area is 62.3 Å². The van der Waals surface area contributed by atoms with Crippen molar-refractivity contribution in [2.45, 2.75) is 0 Å².